The molecule has 0 unspecified atom stereocenters. The predicted octanol–water partition coefficient (Wildman–Crippen LogP) is 4.81. The largest absolute Gasteiger partial charge is 0.509 e. The minimum Gasteiger partial charge on any atom is -0.509 e. The highest BCUT2D eigenvalue weighted by Gasteiger charge is 2.49. The Morgan fingerprint density at radius 1 is 1.03 bits per heavy atom. The zero-order valence-electron chi connectivity index (χ0n) is 16.7. The molecule has 4 nitrogen and oxygen atoms in total. The summed E-state index contributed by atoms with van der Waals surface area (Å²) in [6, 6.07) is 7.73. The second kappa shape index (κ2) is 7.47. The van der Waals surface area contributed by atoms with Crippen LogP contribution in [0.2, 0.25) is 0 Å². The van der Waals surface area contributed by atoms with Gasteiger partial charge in [-0.2, -0.15) is 0 Å². The number of nitrogens with one attached hydrogen (secondary N) is 1. The normalized spacial score (nSPS) is 23.9. The molecule has 1 aliphatic carbocycles. The van der Waals surface area contributed by atoms with Crippen LogP contribution in [0.4, 0.5) is 13.2 Å². The van der Waals surface area contributed by atoms with Gasteiger partial charge in [-0.1, -0.05) is 30.3 Å². The lowest BCUT2D eigenvalue weighted by atomic mass is 9.79. The first-order chi connectivity index (χ1) is 14.3. The minimum absolute atomic E-state index is 0.01000. The molecule has 2 N–H and O–H groups in total. The topological polar surface area (TPSA) is 58.6 Å². The highest BCUT2D eigenvalue weighted by molar-refractivity contribution is 6.23. The standard InChI is InChI=1S/C23H22F3NO3/c1-12-15(19(25)16(20(26)18(12)24)13-6-4-3-5-7-13)17-21(28)23(27-22(17)29)10-8-14(30-2)9-11-23/h3-7,14,28H,8-11H2,1-2H3,(H,27,29). The van der Waals surface area contributed by atoms with E-state index in [9.17, 15) is 18.7 Å². The lowest BCUT2D eigenvalue weighted by molar-refractivity contribution is -0.116. The van der Waals surface area contributed by atoms with Crippen molar-refractivity contribution in [3.63, 3.8) is 0 Å². The van der Waals surface area contributed by atoms with Crippen LogP contribution < -0.4 is 5.32 Å². The first-order valence-corrected chi connectivity index (χ1v) is 9.82. The van der Waals surface area contributed by atoms with E-state index in [0.29, 0.717) is 25.7 Å². The number of amides is 1. The fourth-order valence-electron chi connectivity index (χ4n) is 4.52. The van der Waals surface area contributed by atoms with E-state index < -0.39 is 40.0 Å². The first kappa shape index (κ1) is 20.5. The number of halogens is 3. The summed E-state index contributed by atoms with van der Waals surface area (Å²) in [4.78, 5) is 12.8. The molecule has 1 heterocycles. The molecule has 2 aliphatic rings. The van der Waals surface area contributed by atoms with Crippen LogP contribution in [0.3, 0.4) is 0 Å². The van der Waals surface area contributed by atoms with Crippen LogP contribution in [0.25, 0.3) is 16.7 Å². The van der Waals surface area contributed by atoms with Gasteiger partial charge in [-0.3, -0.25) is 4.79 Å². The van der Waals surface area contributed by atoms with E-state index >= 15 is 4.39 Å². The van der Waals surface area contributed by atoms with Crippen molar-refractivity contribution in [3.8, 4) is 11.1 Å². The Balaban J connectivity index is 1.90. The van der Waals surface area contributed by atoms with E-state index in [1.807, 2.05) is 0 Å². The van der Waals surface area contributed by atoms with E-state index in [0.717, 1.165) is 0 Å². The number of rotatable bonds is 3. The third kappa shape index (κ3) is 2.99. The van der Waals surface area contributed by atoms with E-state index in [-0.39, 0.29) is 28.6 Å². The molecular formula is C23H22F3NO3. The van der Waals surface area contributed by atoms with Crippen molar-refractivity contribution >= 4 is 11.5 Å². The smallest absolute Gasteiger partial charge is 0.256 e. The summed E-state index contributed by atoms with van der Waals surface area (Å²) < 4.78 is 50.4. The maximum atomic E-state index is 15.6. The monoisotopic (exact) mass is 417 g/mol. The van der Waals surface area contributed by atoms with Crippen LogP contribution >= 0.6 is 0 Å². The highest BCUT2D eigenvalue weighted by Crippen LogP contribution is 2.44. The number of ether oxygens (including phenoxy) is 1. The van der Waals surface area contributed by atoms with Crippen LogP contribution in [0.5, 0.6) is 0 Å². The molecule has 1 saturated carbocycles. The van der Waals surface area contributed by atoms with E-state index in [1.165, 1.54) is 19.1 Å². The Bertz CT molecular complexity index is 1040. The summed E-state index contributed by atoms with van der Waals surface area (Å²) in [5.41, 5.74) is -2.57. The van der Waals surface area contributed by atoms with Crippen molar-refractivity contribution in [2.45, 2.75) is 44.2 Å². The number of hydrogen-bond acceptors (Lipinski definition) is 3. The predicted molar refractivity (Wildman–Crippen MR) is 106 cm³/mol. The van der Waals surface area contributed by atoms with Gasteiger partial charge in [0.15, 0.2) is 11.6 Å². The molecule has 1 spiro atoms. The van der Waals surface area contributed by atoms with Crippen molar-refractivity contribution in [1.29, 1.82) is 0 Å². The van der Waals surface area contributed by atoms with Crippen molar-refractivity contribution in [2.75, 3.05) is 7.11 Å². The quantitative estimate of drug-likeness (QED) is 0.705. The van der Waals surface area contributed by atoms with Crippen LogP contribution in [-0.2, 0) is 9.53 Å². The third-order valence-electron chi connectivity index (χ3n) is 6.26. The molecule has 1 fully saturated rings. The maximum absolute atomic E-state index is 15.6. The molecule has 0 saturated heterocycles. The van der Waals surface area contributed by atoms with Crippen molar-refractivity contribution < 1.29 is 27.8 Å². The molecule has 7 heteroatoms. The zero-order valence-corrected chi connectivity index (χ0v) is 16.7. The number of carbonyl (C=O) groups is 1. The van der Waals surface area contributed by atoms with Gasteiger partial charge in [-0.15, -0.1) is 0 Å². The third-order valence-corrected chi connectivity index (χ3v) is 6.26. The summed E-state index contributed by atoms with van der Waals surface area (Å²) in [5.74, 6) is -4.67. The summed E-state index contributed by atoms with van der Waals surface area (Å²) in [7, 11) is 1.60. The molecule has 1 amide bonds. The molecule has 1 aliphatic heterocycles. The van der Waals surface area contributed by atoms with Crippen molar-refractivity contribution in [1.82, 2.24) is 5.32 Å². The van der Waals surface area contributed by atoms with E-state index in [4.69, 9.17) is 4.74 Å². The molecule has 0 bridgehead atoms. The van der Waals surface area contributed by atoms with Gasteiger partial charge in [0.25, 0.3) is 5.91 Å². The summed E-state index contributed by atoms with van der Waals surface area (Å²) in [5, 5.41) is 13.7. The molecule has 158 valence electrons. The number of aliphatic hydroxyl groups is 1. The second-order valence-corrected chi connectivity index (χ2v) is 7.88. The molecule has 0 atom stereocenters. The van der Waals surface area contributed by atoms with E-state index in [2.05, 4.69) is 5.32 Å². The average Bonchev–Trinajstić information content (AvgIpc) is 2.98. The van der Waals surface area contributed by atoms with Gasteiger partial charge < -0.3 is 15.2 Å². The summed E-state index contributed by atoms with van der Waals surface area (Å²) in [6.07, 6.45) is 2.02. The van der Waals surface area contributed by atoms with Gasteiger partial charge in [0.1, 0.15) is 11.6 Å². The van der Waals surface area contributed by atoms with E-state index in [1.54, 1.807) is 25.3 Å². The fourth-order valence-corrected chi connectivity index (χ4v) is 4.52. The molecule has 0 radical (unpaired) electrons. The lowest BCUT2D eigenvalue weighted by Gasteiger charge is -2.36. The number of hydrogen-bond donors (Lipinski definition) is 2. The van der Waals surface area contributed by atoms with Gasteiger partial charge in [0, 0.05) is 12.7 Å². The Kier molecular flexibility index (Phi) is 5.10. The maximum Gasteiger partial charge on any atom is 0.256 e. The van der Waals surface area contributed by atoms with Gasteiger partial charge in [-0.25, -0.2) is 13.2 Å². The lowest BCUT2D eigenvalue weighted by Crippen LogP contribution is -2.48. The van der Waals surface area contributed by atoms with Gasteiger partial charge in [0.05, 0.1) is 22.8 Å². The van der Waals surface area contributed by atoms with Crippen LogP contribution in [-0.4, -0.2) is 29.8 Å². The molecule has 0 aromatic heterocycles. The van der Waals surface area contributed by atoms with Crippen molar-refractivity contribution in [3.05, 3.63) is 64.7 Å². The van der Waals surface area contributed by atoms with Crippen LogP contribution in [0.1, 0.15) is 36.8 Å². The number of carbonyl (C=O) groups excluding carboxylic acids is 1. The number of aliphatic hydroxyl groups excluding tert-OH is 1. The highest BCUT2D eigenvalue weighted by atomic mass is 19.2. The summed E-state index contributed by atoms with van der Waals surface area (Å²) in [6.45, 7) is 1.20. The molecule has 2 aromatic rings. The molecular weight excluding hydrogens is 395 g/mol. The van der Waals surface area contributed by atoms with Gasteiger partial charge in [-0.05, 0) is 43.7 Å². The van der Waals surface area contributed by atoms with Gasteiger partial charge in [0.2, 0.25) is 0 Å². The Morgan fingerprint density at radius 2 is 1.67 bits per heavy atom. The minimum atomic E-state index is -1.33. The van der Waals surface area contributed by atoms with Crippen LogP contribution in [0, 0.1) is 24.4 Å². The Labute approximate surface area is 172 Å². The molecule has 4 rings (SSSR count). The number of benzene rings is 2. The van der Waals surface area contributed by atoms with Gasteiger partial charge >= 0.3 is 0 Å². The average molecular weight is 417 g/mol. The Hall–Kier alpha value is -2.80. The fraction of sp³-hybridized carbons (Fsp3) is 0.348. The molecule has 2 aromatic carbocycles. The number of methoxy groups -OCH3 is 1. The Morgan fingerprint density at radius 3 is 2.27 bits per heavy atom. The van der Waals surface area contributed by atoms with Crippen molar-refractivity contribution in [2.24, 2.45) is 0 Å². The second-order valence-electron chi connectivity index (χ2n) is 7.88. The molecule has 30 heavy (non-hydrogen) atoms. The summed E-state index contributed by atoms with van der Waals surface area (Å²) >= 11 is 0. The first-order valence-electron chi connectivity index (χ1n) is 9.82. The SMILES string of the molecule is COC1CCC2(CC1)NC(=O)C(c1c(C)c(F)c(F)c(-c3ccccc3)c1F)=C2O. The van der Waals surface area contributed by atoms with Crippen LogP contribution in [0.15, 0.2) is 36.1 Å². The zero-order chi connectivity index (χ0) is 21.6.